The van der Waals surface area contributed by atoms with Crippen molar-refractivity contribution in [1.29, 1.82) is 0 Å². The third-order valence-corrected chi connectivity index (χ3v) is 10.3. The normalized spacial score (nSPS) is 16.3. The molecule has 3 aliphatic heterocycles. The van der Waals surface area contributed by atoms with Crippen molar-refractivity contribution < 1.29 is 19.8 Å². The van der Waals surface area contributed by atoms with Gasteiger partial charge in [-0.05, 0) is 60.7 Å². The van der Waals surface area contributed by atoms with E-state index >= 15 is 0 Å². The van der Waals surface area contributed by atoms with E-state index in [1.807, 2.05) is 97.1 Å². The number of carbonyl (C=O) groups is 2. The van der Waals surface area contributed by atoms with Crippen LogP contribution in [0.5, 0.6) is 11.5 Å². The maximum atomic E-state index is 14.1. The molecule has 0 radical (unpaired) electrons. The lowest BCUT2D eigenvalue weighted by atomic mass is 10.1. The summed E-state index contributed by atoms with van der Waals surface area (Å²) in [6.45, 7) is 0. The third kappa shape index (κ3) is 5.90. The first kappa shape index (κ1) is 32.7. The number of hydrogen-bond acceptors (Lipinski definition) is 8. The van der Waals surface area contributed by atoms with Gasteiger partial charge in [0.2, 0.25) is 0 Å². The molecule has 0 atom stereocenters. The highest BCUT2D eigenvalue weighted by molar-refractivity contribution is 7.99. The largest absolute Gasteiger partial charge is 0.507 e. The van der Waals surface area contributed by atoms with Crippen molar-refractivity contribution in [2.45, 2.75) is 9.79 Å². The summed E-state index contributed by atoms with van der Waals surface area (Å²) in [4.78, 5) is 42.6. The van der Waals surface area contributed by atoms with Gasteiger partial charge in [0.25, 0.3) is 11.8 Å². The molecule has 10 heteroatoms. The summed E-state index contributed by atoms with van der Waals surface area (Å²) in [5, 5.41) is 24.4. The van der Waals surface area contributed by atoms with E-state index in [2.05, 4.69) is 5.32 Å². The molecule has 3 N–H and O–H groups in total. The van der Waals surface area contributed by atoms with Crippen molar-refractivity contribution in [3.05, 3.63) is 179 Å². The second-order valence-corrected chi connectivity index (χ2v) is 13.7. The predicted molar refractivity (Wildman–Crippen MR) is 213 cm³/mol. The summed E-state index contributed by atoms with van der Waals surface area (Å²) in [6.07, 6.45) is 3.20. The van der Waals surface area contributed by atoms with E-state index in [4.69, 9.17) is 9.98 Å². The number of amides is 2. The summed E-state index contributed by atoms with van der Waals surface area (Å²) >= 11 is 1.52. The van der Waals surface area contributed by atoms with Gasteiger partial charge in [-0.15, -0.1) is 0 Å². The minimum atomic E-state index is -0.318. The lowest BCUT2D eigenvalue weighted by Crippen LogP contribution is -2.32. The van der Waals surface area contributed by atoms with E-state index < -0.39 is 0 Å². The van der Waals surface area contributed by atoms with Gasteiger partial charge < -0.3 is 15.5 Å². The Bertz CT molecular complexity index is 2460. The number of carbonyl (C=O) groups excluding carboxylic acids is 2. The Morgan fingerprint density at radius 1 is 0.519 bits per heavy atom. The molecule has 260 valence electrons. The van der Waals surface area contributed by atoms with Crippen LogP contribution in [0.25, 0.3) is 12.2 Å². The summed E-state index contributed by atoms with van der Waals surface area (Å²) < 4.78 is 0. The van der Waals surface area contributed by atoms with Gasteiger partial charge in [-0.25, -0.2) is 9.98 Å². The minimum Gasteiger partial charge on any atom is -0.507 e. The Labute approximate surface area is 314 Å². The zero-order chi connectivity index (χ0) is 36.8. The van der Waals surface area contributed by atoms with Crippen molar-refractivity contribution in [2.24, 2.45) is 9.98 Å². The van der Waals surface area contributed by atoms with Crippen LogP contribution in [-0.2, 0) is 9.59 Å². The monoisotopic (exact) mass is 723 g/mol. The second kappa shape index (κ2) is 13.4. The van der Waals surface area contributed by atoms with E-state index in [1.54, 1.807) is 70.5 Å². The molecule has 9 rings (SSSR count). The maximum Gasteiger partial charge on any atom is 0.282 e. The summed E-state index contributed by atoms with van der Waals surface area (Å²) in [5.41, 5.74) is 5.94. The number of anilines is 4. The molecule has 0 spiro atoms. The first-order valence-electron chi connectivity index (χ1n) is 17.1. The number of phenolic OH excluding ortho intramolecular Hbond substituents is 2. The topological polar surface area (TPSA) is 118 Å². The number of aromatic hydroxyl groups is 2. The lowest BCUT2D eigenvalue weighted by molar-refractivity contribution is -0.114. The van der Waals surface area contributed by atoms with Crippen LogP contribution in [0, 0.1) is 0 Å². The highest BCUT2D eigenvalue weighted by atomic mass is 32.2. The zero-order valence-electron chi connectivity index (χ0n) is 28.4. The minimum absolute atomic E-state index is 0.0579. The standard InChI is InChI=1S/C44H29N5O4S/c50-37-17-9-7-15-29(37)23-35-43(52)48(41(46-35)27-11-3-1-4-12-27)31-19-21-33-39(25-31)54-40-26-32(20-22-34(40)45-33)49-42(28-13-5-2-6-14-28)47-36(44(49)53)24-30-16-8-10-18-38(30)51/h1-26,45,50-51H/b35-23-,36-24+. The van der Waals surface area contributed by atoms with Crippen LogP contribution >= 0.6 is 11.8 Å². The Kier molecular flexibility index (Phi) is 8.13. The molecule has 0 aromatic heterocycles. The molecule has 0 aliphatic carbocycles. The summed E-state index contributed by atoms with van der Waals surface area (Å²) in [7, 11) is 0. The molecule has 9 nitrogen and oxygen atoms in total. The molecule has 2 amide bonds. The van der Waals surface area contributed by atoms with Gasteiger partial charge in [-0.2, -0.15) is 0 Å². The molecular formula is C44H29N5O4S. The SMILES string of the molecule is O=C1/C(=C/c2ccccc2O)N=C(c2ccccc2)N1c1ccc2c(c1)Sc1cc(N3C(=O)/C(=C\c4ccccc4O)N=C3c3ccccc3)ccc1N2. The van der Waals surface area contributed by atoms with Crippen LogP contribution in [0.15, 0.2) is 177 Å². The number of phenols is 2. The van der Waals surface area contributed by atoms with E-state index in [9.17, 15) is 19.8 Å². The van der Waals surface area contributed by atoms with Gasteiger partial charge >= 0.3 is 0 Å². The van der Waals surface area contributed by atoms with Crippen molar-refractivity contribution in [2.75, 3.05) is 15.1 Å². The summed E-state index contributed by atoms with van der Waals surface area (Å²) in [5.74, 6) is 0.436. The fraction of sp³-hybridized carbons (Fsp3) is 0. The lowest BCUT2D eigenvalue weighted by Gasteiger charge is -2.26. The van der Waals surface area contributed by atoms with Gasteiger partial charge in [0, 0.05) is 32.0 Å². The second-order valence-electron chi connectivity index (χ2n) is 12.6. The average molecular weight is 724 g/mol. The van der Waals surface area contributed by atoms with E-state index in [0.29, 0.717) is 34.2 Å². The number of rotatable bonds is 6. The summed E-state index contributed by atoms with van der Waals surface area (Å²) in [6, 6.07) is 44.2. The Morgan fingerprint density at radius 3 is 1.35 bits per heavy atom. The average Bonchev–Trinajstić information content (AvgIpc) is 3.71. The smallest absolute Gasteiger partial charge is 0.282 e. The van der Waals surface area contributed by atoms with Crippen molar-refractivity contribution in [3.63, 3.8) is 0 Å². The fourth-order valence-corrected chi connectivity index (χ4v) is 7.58. The van der Waals surface area contributed by atoms with E-state index in [0.717, 1.165) is 32.3 Å². The van der Waals surface area contributed by atoms with Crippen LogP contribution in [0.2, 0.25) is 0 Å². The molecule has 6 aromatic rings. The molecule has 0 unspecified atom stereocenters. The number of amidine groups is 2. The van der Waals surface area contributed by atoms with Crippen molar-refractivity contribution in [1.82, 2.24) is 0 Å². The fourth-order valence-electron chi connectivity index (χ4n) is 6.53. The molecule has 0 bridgehead atoms. The number of fused-ring (bicyclic) bond motifs is 2. The number of hydrogen-bond donors (Lipinski definition) is 3. The van der Waals surface area contributed by atoms with Crippen molar-refractivity contribution >= 4 is 70.1 Å². The molecular weight excluding hydrogens is 695 g/mol. The highest BCUT2D eigenvalue weighted by Gasteiger charge is 2.35. The molecule has 6 aromatic carbocycles. The van der Waals surface area contributed by atoms with Crippen LogP contribution in [-0.4, -0.2) is 33.7 Å². The number of benzene rings is 6. The van der Waals surface area contributed by atoms with Crippen LogP contribution in [0.1, 0.15) is 22.3 Å². The Morgan fingerprint density at radius 2 is 0.926 bits per heavy atom. The quantitative estimate of drug-likeness (QED) is 0.148. The number of para-hydroxylation sites is 2. The van der Waals surface area contributed by atoms with Gasteiger partial charge in [0.15, 0.2) is 0 Å². The first-order valence-corrected chi connectivity index (χ1v) is 17.9. The van der Waals surface area contributed by atoms with E-state index in [-0.39, 0.29) is 34.7 Å². The molecule has 3 heterocycles. The van der Waals surface area contributed by atoms with Gasteiger partial charge in [-0.1, -0.05) is 109 Å². The third-order valence-electron chi connectivity index (χ3n) is 9.18. The molecule has 0 fully saturated rings. The Hall–Kier alpha value is -7.17. The zero-order valence-corrected chi connectivity index (χ0v) is 29.2. The maximum absolute atomic E-state index is 14.1. The van der Waals surface area contributed by atoms with Gasteiger partial charge in [-0.3, -0.25) is 19.4 Å². The number of nitrogens with one attached hydrogen (secondary N) is 1. The van der Waals surface area contributed by atoms with Gasteiger partial charge in [0.05, 0.1) is 22.7 Å². The van der Waals surface area contributed by atoms with Crippen molar-refractivity contribution in [3.8, 4) is 11.5 Å². The number of aliphatic imine (C=N–C) groups is 2. The molecule has 0 saturated carbocycles. The van der Waals surface area contributed by atoms with Crippen LogP contribution < -0.4 is 15.1 Å². The highest BCUT2D eigenvalue weighted by Crippen LogP contribution is 2.47. The van der Waals surface area contributed by atoms with E-state index in [1.165, 1.54) is 11.8 Å². The van der Waals surface area contributed by atoms with Crippen LogP contribution in [0.3, 0.4) is 0 Å². The first-order chi connectivity index (χ1) is 26.4. The van der Waals surface area contributed by atoms with Gasteiger partial charge in [0.1, 0.15) is 34.6 Å². The molecule has 3 aliphatic rings. The molecule has 0 saturated heterocycles. The predicted octanol–water partition coefficient (Wildman–Crippen LogP) is 8.98. The van der Waals surface area contributed by atoms with Crippen LogP contribution in [0.4, 0.5) is 22.7 Å². The number of nitrogens with zero attached hydrogens (tertiary/aromatic N) is 4. The Balaban J connectivity index is 1.06. The molecule has 54 heavy (non-hydrogen) atoms.